The maximum atomic E-state index is 4.70. The van der Waals surface area contributed by atoms with E-state index in [4.69, 9.17) is 4.98 Å². The Morgan fingerprint density at radius 1 is 1.32 bits per heavy atom. The first kappa shape index (κ1) is 13.6. The van der Waals surface area contributed by atoms with Crippen molar-refractivity contribution in [1.82, 2.24) is 19.4 Å². The van der Waals surface area contributed by atoms with E-state index in [1.54, 1.807) is 0 Å². The molecule has 3 aromatic rings. The molecule has 1 aliphatic heterocycles. The van der Waals surface area contributed by atoms with Crippen LogP contribution in [0.1, 0.15) is 29.4 Å². The van der Waals surface area contributed by atoms with Crippen LogP contribution in [-0.4, -0.2) is 32.5 Å². The summed E-state index contributed by atoms with van der Waals surface area (Å²) in [5.41, 5.74) is 3.73. The Hall–Kier alpha value is -2.07. The number of fused-ring (bicyclic) bond motifs is 1. The Kier molecular flexibility index (Phi) is 3.26. The Balaban J connectivity index is 1.47. The molecule has 1 saturated heterocycles. The van der Waals surface area contributed by atoms with E-state index in [1.807, 2.05) is 6.20 Å². The van der Waals surface area contributed by atoms with Crippen LogP contribution < -0.4 is 0 Å². The molecule has 1 N–H and O–H groups in total. The van der Waals surface area contributed by atoms with Gasteiger partial charge in [0.15, 0.2) is 0 Å². The number of likely N-dealkylation sites (tertiary alicyclic amines) is 1. The highest BCUT2D eigenvalue weighted by molar-refractivity contribution is 5.79. The molecule has 114 valence electrons. The third kappa shape index (κ3) is 2.44. The fraction of sp³-hybridized carbons (Fsp3) is 0.389. The molecule has 4 heteroatoms. The van der Waals surface area contributed by atoms with Crippen molar-refractivity contribution >= 4 is 10.9 Å². The molecule has 1 aliphatic rings. The van der Waals surface area contributed by atoms with Crippen LogP contribution in [0.5, 0.6) is 0 Å². The minimum absolute atomic E-state index is 0.563. The zero-order valence-electron chi connectivity index (χ0n) is 13.2. The van der Waals surface area contributed by atoms with Crippen LogP contribution in [0.25, 0.3) is 10.9 Å². The quantitative estimate of drug-likeness (QED) is 0.805. The molecule has 4 nitrogen and oxygen atoms in total. The van der Waals surface area contributed by atoms with Gasteiger partial charge in [-0.15, -0.1) is 0 Å². The summed E-state index contributed by atoms with van der Waals surface area (Å²) >= 11 is 0. The standard InChI is InChI=1S/C18H22N4/c1-13-10-21(2)18(20-13)16-6-8-22(12-16)11-14-3-4-15-5-7-19-17(15)9-14/h3-5,7,9-10,16,19H,6,8,11-12H2,1-2H3/t16-/m0/s1. The molecule has 0 amide bonds. The largest absolute Gasteiger partial charge is 0.361 e. The van der Waals surface area contributed by atoms with E-state index < -0.39 is 0 Å². The highest BCUT2D eigenvalue weighted by Gasteiger charge is 2.26. The minimum atomic E-state index is 0.563. The van der Waals surface area contributed by atoms with Gasteiger partial charge in [0.05, 0.1) is 5.69 Å². The van der Waals surface area contributed by atoms with Gasteiger partial charge in [-0.1, -0.05) is 12.1 Å². The van der Waals surface area contributed by atoms with Crippen molar-refractivity contribution in [3.63, 3.8) is 0 Å². The van der Waals surface area contributed by atoms with E-state index in [0.717, 1.165) is 25.3 Å². The summed E-state index contributed by atoms with van der Waals surface area (Å²) in [6.07, 6.45) is 5.33. The van der Waals surface area contributed by atoms with Gasteiger partial charge in [0, 0.05) is 44.0 Å². The lowest BCUT2D eigenvalue weighted by Gasteiger charge is -2.16. The molecule has 2 aromatic heterocycles. The molecule has 0 unspecified atom stereocenters. The number of nitrogens with one attached hydrogen (secondary N) is 1. The minimum Gasteiger partial charge on any atom is -0.361 e. The smallest absolute Gasteiger partial charge is 0.113 e. The highest BCUT2D eigenvalue weighted by atomic mass is 15.2. The molecule has 3 heterocycles. The zero-order valence-corrected chi connectivity index (χ0v) is 13.2. The molecule has 0 saturated carbocycles. The number of hydrogen-bond acceptors (Lipinski definition) is 2. The summed E-state index contributed by atoms with van der Waals surface area (Å²) in [5.74, 6) is 1.80. The van der Waals surface area contributed by atoms with Crippen LogP contribution in [-0.2, 0) is 13.6 Å². The fourth-order valence-corrected chi connectivity index (χ4v) is 3.65. The van der Waals surface area contributed by atoms with Gasteiger partial charge in [0.25, 0.3) is 0 Å². The lowest BCUT2D eigenvalue weighted by atomic mass is 10.1. The first-order chi connectivity index (χ1) is 10.7. The summed E-state index contributed by atoms with van der Waals surface area (Å²) in [7, 11) is 2.11. The number of aryl methyl sites for hydroxylation is 2. The first-order valence-corrected chi connectivity index (χ1v) is 7.97. The average Bonchev–Trinajstić information content (AvgIpc) is 3.18. The summed E-state index contributed by atoms with van der Waals surface area (Å²) in [6.45, 7) is 5.35. The summed E-state index contributed by atoms with van der Waals surface area (Å²) in [5, 5.41) is 1.28. The summed E-state index contributed by atoms with van der Waals surface area (Å²) < 4.78 is 2.19. The van der Waals surface area contributed by atoms with Crippen molar-refractivity contribution in [2.45, 2.75) is 25.8 Å². The number of rotatable bonds is 3. The topological polar surface area (TPSA) is 36.9 Å². The Labute approximate surface area is 130 Å². The number of nitrogens with zero attached hydrogens (tertiary/aromatic N) is 3. The predicted octanol–water partition coefficient (Wildman–Crippen LogP) is 3.20. The predicted molar refractivity (Wildman–Crippen MR) is 88.9 cm³/mol. The average molecular weight is 294 g/mol. The van der Waals surface area contributed by atoms with E-state index >= 15 is 0 Å². The third-order valence-corrected chi connectivity index (χ3v) is 4.70. The maximum Gasteiger partial charge on any atom is 0.113 e. The molecule has 22 heavy (non-hydrogen) atoms. The van der Waals surface area contributed by atoms with Gasteiger partial charge in [0.1, 0.15) is 5.82 Å². The zero-order chi connectivity index (χ0) is 15.1. The fourth-order valence-electron chi connectivity index (χ4n) is 3.65. The molecule has 1 fully saturated rings. The van der Waals surface area contributed by atoms with Crippen LogP contribution in [0.4, 0.5) is 0 Å². The van der Waals surface area contributed by atoms with Gasteiger partial charge in [-0.25, -0.2) is 4.98 Å². The Morgan fingerprint density at radius 3 is 3.05 bits per heavy atom. The Morgan fingerprint density at radius 2 is 2.23 bits per heavy atom. The number of hydrogen-bond donors (Lipinski definition) is 1. The molecular formula is C18H22N4. The van der Waals surface area contributed by atoms with Crippen molar-refractivity contribution < 1.29 is 0 Å². The van der Waals surface area contributed by atoms with E-state index in [9.17, 15) is 0 Å². The number of H-pyrrole nitrogens is 1. The van der Waals surface area contributed by atoms with Gasteiger partial charge in [-0.05, 0) is 43.0 Å². The second-order valence-corrected chi connectivity index (χ2v) is 6.47. The number of aromatic amines is 1. The summed E-state index contributed by atoms with van der Waals surface area (Å²) in [4.78, 5) is 10.5. The first-order valence-electron chi connectivity index (χ1n) is 7.97. The van der Waals surface area contributed by atoms with Crippen molar-refractivity contribution in [2.24, 2.45) is 7.05 Å². The van der Waals surface area contributed by atoms with E-state index in [-0.39, 0.29) is 0 Å². The van der Waals surface area contributed by atoms with Crippen LogP contribution in [0.3, 0.4) is 0 Å². The van der Waals surface area contributed by atoms with Gasteiger partial charge in [0.2, 0.25) is 0 Å². The van der Waals surface area contributed by atoms with Gasteiger partial charge < -0.3 is 9.55 Å². The lowest BCUT2D eigenvalue weighted by molar-refractivity contribution is 0.325. The van der Waals surface area contributed by atoms with Crippen molar-refractivity contribution in [3.8, 4) is 0 Å². The van der Waals surface area contributed by atoms with Crippen molar-refractivity contribution in [3.05, 3.63) is 53.7 Å². The molecule has 0 spiro atoms. The number of benzene rings is 1. The van der Waals surface area contributed by atoms with Crippen LogP contribution >= 0.6 is 0 Å². The second kappa shape index (κ2) is 5.29. The van der Waals surface area contributed by atoms with E-state index in [1.165, 1.54) is 28.7 Å². The monoisotopic (exact) mass is 294 g/mol. The van der Waals surface area contributed by atoms with Gasteiger partial charge in [-0.3, -0.25) is 4.90 Å². The normalized spacial score (nSPS) is 19.3. The molecule has 4 rings (SSSR count). The Bertz CT molecular complexity index is 798. The number of imidazole rings is 1. The van der Waals surface area contributed by atoms with Gasteiger partial charge >= 0.3 is 0 Å². The van der Waals surface area contributed by atoms with Crippen LogP contribution in [0, 0.1) is 6.92 Å². The molecule has 0 aliphatic carbocycles. The van der Waals surface area contributed by atoms with Crippen molar-refractivity contribution in [2.75, 3.05) is 13.1 Å². The number of aromatic nitrogens is 3. The molecule has 0 radical (unpaired) electrons. The van der Waals surface area contributed by atoms with Crippen molar-refractivity contribution in [1.29, 1.82) is 0 Å². The highest BCUT2D eigenvalue weighted by Crippen LogP contribution is 2.27. The molecule has 1 atom stereocenters. The van der Waals surface area contributed by atoms with E-state index in [0.29, 0.717) is 5.92 Å². The third-order valence-electron chi connectivity index (χ3n) is 4.70. The van der Waals surface area contributed by atoms with Crippen LogP contribution in [0.2, 0.25) is 0 Å². The van der Waals surface area contributed by atoms with Crippen LogP contribution in [0.15, 0.2) is 36.7 Å². The lowest BCUT2D eigenvalue weighted by Crippen LogP contribution is -2.20. The maximum absolute atomic E-state index is 4.70. The molecule has 1 aromatic carbocycles. The van der Waals surface area contributed by atoms with Gasteiger partial charge in [-0.2, -0.15) is 0 Å². The van der Waals surface area contributed by atoms with E-state index in [2.05, 4.69) is 58.9 Å². The SMILES string of the molecule is Cc1cn(C)c([C@H]2CCN(Cc3ccc4cc[nH]c4c3)C2)n1. The molecule has 0 bridgehead atoms. The second-order valence-electron chi connectivity index (χ2n) is 6.47. The molecular weight excluding hydrogens is 272 g/mol. The summed E-state index contributed by atoms with van der Waals surface area (Å²) in [6, 6.07) is 8.84.